The van der Waals surface area contributed by atoms with E-state index in [-0.39, 0.29) is 12.8 Å². The molecule has 0 aromatic rings. The Morgan fingerprint density at radius 3 is 1.56 bits per heavy atom. The van der Waals surface area contributed by atoms with Gasteiger partial charge in [-0.2, -0.15) is 0 Å². The third-order valence-corrected chi connectivity index (χ3v) is 4.31. The zero-order valence-corrected chi connectivity index (χ0v) is 12.2. The molecule has 1 aliphatic carbocycles. The van der Waals surface area contributed by atoms with Crippen LogP contribution in [0.4, 0.5) is 8.78 Å². The molecule has 3 heteroatoms. The summed E-state index contributed by atoms with van der Waals surface area (Å²) < 4.78 is 30.3. The Morgan fingerprint density at radius 2 is 1.33 bits per heavy atom. The van der Waals surface area contributed by atoms with Gasteiger partial charge in [0.1, 0.15) is 0 Å². The summed E-state index contributed by atoms with van der Waals surface area (Å²) in [5.74, 6) is 0.445. The molecule has 18 heavy (non-hydrogen) atoms. The van der Waals surface area contributed by atoms with Crippen LogP contribution in [0.5, 0.6) is 0 Å². The fraction of sp³-hybridized carbons (Fsp3) is 1.00. The highest BCUT2D eigenvalue weighted by atomic mass is 19.3. The van der Waals surface area contributed by atoms with Crippen molar-refractivity contribution in [3.63, 3.8) is 0 Å². The Bertz CT molecular complexity index is 225. The Labute approximate surface area is 110 Å². The molecule has 0 aromatic carbocycles. The third kappa shape index (κ3) is 5.21. The number of rotatable bonds is 2. The van der Waals surface area contributed by atoms with Gasteiger partial charge in [0.15, 0.2) is 0 Å². The molecule has 0 radical (unpaired) electrons. The van der Waals surface area contributed by atoms with Crippen molar-refractivity contribution in [3.8, 4) is 0 Å². The van der Waals surface area contributed by atoms with Gasteiger partial charge in [-0.3, -0.25) is 0 Å². The number of ether oxygens (including phenoxy) is 1. The second-order valence-electron chi connectivity index (χ2n) is 6.48. The molecular formula is C15H28F2O. The summed E-state index contributed by atoms with van der Waals surface area (Å²) in [6, 6.07) is 0. The molecule has 1 aliphatic heterocycles. The van der Waals surface area contributed by atoms with E-state index in [1.807, 2.05) is 0 Å². The first kappa shape index (κ1) is 15.9. The number of hydrogen-bond donors (Lipinski definition) is 0. The van der Waals surface area contributed by atoms with E-state index < -0.39 is 5.92 Å². The Hall–Kier alpha value is -0.180. The summed E-state index contributed by atoms with van der Waals surface area (Å²) >= 11 is 0. The summed E-state index contributed by atoms with van der Waals surface area (Å²) in [4.78, 5) is 0. The van der Waals surface area contributed by atoms with E-state index in [9.17, 15) is 8.78 Å². The number of hydrogen-bond acceptors (Lipinski definition) is 1. The fourth-order valence-electron chi connectivity index (χ4n) is 2.37. The topological polar surface area (TPSA) is 9.23 Å². The summed E-state index contributed by atoms with van der Waals surface area (Å²) in [5.41, 5.74) is 0. The van der Waals surface area contributed by atoms with Gasteiger partial charge < -0.3 is 4.74 Å². The third-order valence-electron chi connectivity index (χ3n) is 4.31. The van der Waals surface area contributed by atoms with Crippen molar-refractivity contribution in [2.75, 3.05) is 13.2 Å². The highest BCUT2D eigenvalue weighted by Crippen LogP contribution is 2.38. The summed E-state index contributed by atoms with van der Waals surface area (Å²) in [7, 11) is 0. The highest BCUT2D eigenvalue weighted by Gasteiger charge is 2.35. The second kappa shape index (κ2) is 6.83. The lowest BCUT2D eigenvalue weighted by atomic mass is 9.80. The smallest absolute Gasteiger partial charge is 0.248 e. The van der Waals surface area contributed by atoms with Crippen LogP contribution in [-0.2, 0) is 4.74 Å². The van der Waals surface area contributed by atoms with E-state index in [1.54, 1.807) is 0 Å². The SMILES string of the molecule is CC(C)C1CCC(F)(F)CC1.CC(C)C1COC1. The molecule has 1 nitrogen and oxygen atoms in total. The van der Waals surface area contributed by atoms with Crippen LogP contribution >= 0.6 is 0 Å². The zero-order valence-electron chi connectivity index (χ0n) is 12.2. The van der Waals surface area contributed by atoms with Gasteiger partial charge in [0.25, 0.3) is 0 Å². The molecule has 0 atom stereocenters. The van der Waals surface area contributed by atoms with Crippen LogP contribution in [0.1, 0.15) is 53.4 Å². The lowest BCUT2D eigenvalue weighted by Gasteiger charge is -2.30. The molecular weight excluding hydrogens is 234 g/mol. The van der Waals surface area contributed by atoms with Gasteiger partial charge in [-0.25, -0.2) is 8.78 Å². The predicted molar refractivity (Wildman–Crippen MR) is 70.9 cm³/mol. The van der Waals surface area contributed by atoms with Gasteiger partial charge in [0.05, 0.1) is 13.2 Å². The van der Waals surface area contributed by atoms with Crippen molar-refractivity contribution in [1.82, 2.24) is 0 Å². The van der Waals surface area contributed by atoms with E-state index >= 15 is 0 Å². The van der Waals surface area contributed by atoms with Gasteiger partial charge in [0.2, 0.25) is 5.92 Å². The minimum atomic E-state index is -2.36. The van der Waals surface area contributed by atoms with Crippen LogP contribution in [0.3, 0.4) is 0 Å². The molecule has 2 fully saturated rings. The van der Waals surface area contributed by atoms with Gasteiger partial charge in [0, 0.05) is 18.8 Å². The largest absolute Gasteiger partial charge is 0.381 e. The lowest BCUT2D eigenvalue weighted by molar-refractivity contribution is -0.0534. The average Bonchev–Trinajstić information content (AvgIpc) is 2.13. The lowest BCUT2D eigenvalue weighted by Crippen LogP contribution is -2.31. The first-order valence-electron chi connectivity index (χ1n) is 7.27. The van der Waals surface area contributed by atoms with Crippen LogP contribution in [0, 0.1) is 23.7 Å². The van der Waals surface area contributed by atoms with Crippen molar-refractivity contribution in [3.05, 3.63) is 0 Å². The van der Waals surface area contributed by atoms with Crippen molar-refractivity contribution in [2.24, 2.45) is 23.7 Å². The van der Waals surface area contributed by atoms with E-state index in [1.165, 1.54) is 0 Å². The minimum absolute atomic E-state index is 0.107. The first-order chi connectivity index (χ1) is 8.32. The minimum Gasteiger partial charge on any atom is -0.381 e. The van der Waals surface area contributed by atoms with Gasteiger partial charge >= 0.3 is 0 Å². The van der Waals surface area contributed by atoms with Crippen molar-refractivity contribution in [1.29, 1.82) is 0 Å². The van der Waals surface area contributed by atoms with Crippen molar-refractivity contribution >= 4 is 0 Å². The predicted octanol–water partition coefficient (Wildman–Crippen LogP) is 4.76. The maximum atomic E-state index is 12.6. The zero-order chi connectivity index (χ0) is 13.8. The number of alkyl halides is 2. The maximum Gasteiger partial charge on any atom is 0.248 e. The van der Waals surface area contributed by atoms with Gasteiger partial charge in [-0.1, -0.05) is 27.7 Å². The average molecular weight is 262 g/mol. The quantitative estimate of drug-likeness (QED) is 0.697. The van der Waals surface area contributed by atoms with Crippen LogP contribution in [-0.4, -0.2) is 19.1 Å². The monoisotopic (exact) mass is 262 g/mol. The summed E-state index contributed by atoms with van der Waals surface area (Å²) in [5, 5.41) is 0. The summed E-state index contributed by atoms with van der Waals surface area (Å²) in [6.45, 7) is 10.7. The molecule has 0 amide bonds. The fourth-order valence-corrected chi connectivity index (χ4v) is 2.37. The van der Waals surface area contributed by atoms with Crippen LogP contribution in [0.2, 0.25) is 0 Å². The highest BCUT2D eigenvalue weighted by molar-refractivity contribution is 4.78. The van der Waals surface area contributed by atoms with E-state index in [0.29, 0.717) is 24.7 Å². The summed E-state index contributed by atoms with van der Waals surface area (Å²) in [6.07, 6.45) is 1.64. The molecule has 2 aliphatic rings. The van der Waals surface area contributed by atoms with Crippen LogP contribution in [0.25, 0.3) is 0 Å². The molecule has 0 unspecified atom stereocenters. The van der Waals surface area contributed by atoms with Crippen LogP contribution in [0.15, 0.2) is 0 Å². The molecule has 1 heterocycles. The molecule has 0 spiro atoms. The number of halogens is 2. The van der Waals surface area contributed by atoms with Crippen molar-refractivity contribution < 1.29 is 13.5 Å². The van der Waals surface area contributed by atoms with E-state index in [4.69, 9.17) is 4.74 Å². The standard InChI is InChI=1S/C9H16F2.C6H12O/c1-7(2)8-3-5-9(10,11)6-4-8;1-5(2)6-3-7-4-6/h7-8H,3-6H2,1-2H3;5-6H,3-4H2,1-2H3. The van der Waals surface area contributed by atoms with E-state index in [0.717, 1.165) is 25.0 Å². The Balaban J connectivity index is 0.000000199. The van der Waals surface area contributed by atoms with E-state index in [2.05, 4.69) is 27.7 Å². The molecule has 0 bridgehead atoms. The molecule has 0 N–H and O–H groups in total. The van der Waals surface area contributed by atoms with Crippen molar-refractivity contribution in [2.45, 2.75) is 59.3 Å². The normalized spacial score (nSPS) is 24.7. The Kier molecular flexibility index (Phi) is 6.03. The molecule has 1 saturated carbocycles. The molecule has 0 aromatic heterocycles. The molecule has 2 rings (SSSR count). The molecule has 108 valence electrons. The molecule has 1 saturated heterocycles. The maximum absolute atomic E-state index is 12.6. The second-order valence-corrected chi connectivity index (χ2v) is 6.48. The van der Waals surface area contributed by atoms with Gasteiger partial charge in [-0.05, 0) is 30.6 Å². The van der Waals surface area contributed by atoms with Crippen LogP contribution < -0.4 is 0 Å². The first-order valence-corrected chi connectivity index (χ1v) is 7.27. The van der Waals surface area contributed by atoms with Gasteiger partial charge in [-0.15, -0.1) is 0 Å². The Morgan fingerprint density at radius 1 is 0.889 bits per heavy atom.